The minimum absolute atomic E-state index is 0.262. The summed E-state index contributed by atoms with van der Waals surface area (Å²) in [5, 5.41) is 13.4. The molecule has 1 rings (SSSR count). The summed E-state index contributed by atoms with van der Waals surface area (Å²) in [6.45, 7) is 5.45. The average molecular weight is 254 g/mol. The van der Waals surface area contributed by atoms with Crippen molar-refractivity contribution >= 4 is 11.6 Å². The highest BCUT2D eigenvalue weighted by molar-refractivity contribution is 5.98. The van der Waals surface area contributed by atoms with Gasteiger partial charge in [-0.05, 0) is 32.4 Å². The molecule has 0 aromatic heterocycles. The van der Waals surface area contributed by atoms with E-state index in [1.165, 1.54) is 0 Å². The topological polar surface area (TPSA) is 72.2 Å². The molecule has 0 unspecified atom stereocenters. The molecule has 1 amide bonds. The van der Waals surface area contributed by atoms with E-state index in [0.717, 1.165) is 18.2 Å². The molecule has 18 heavy (non-hydrogen) atoms. The first kappa shape index (κ1) is 14.1. The first-order valence-electron chi connectivity index (χ1n) is 5.53. The maximum absolute atomic E-state index is 13.1. The first-order valence-corrected chi connectivity index (χ1v) is 5.53. The Bertz CT molecular complexity index is 486. The summed E-state index contributed by atoms with van der Waals surface area (Å²) in [5.74, 6) is -1.33. The lowest BCUT2D eigenvalue weighted by atomic mass is 10.0. The van der Waals surface area contributed by atoms with E-state index in [9.17, 15) is 19.3 Å². The molecule has 1 aromatic rings. The van der Waals surface area contributed by atoms with Crippen molar-refractivity contribution in [3.05, 3.63) is 39.7 Å². The second kappa shape index (κ2) is 5.12. The number of carbonyl (C=O) groups is 1. The smallest absolute Gasteiger partial charge is 0.282 e. The number of benzene rings is 1. The van der Waals surface area contributed by atoms with Gasteiger partial charge in [-0.2, -0.15) is 0 Å². The van der Waals surface area contributed by atoms with Gasteiger partial charge in [-0.1, -0.05) is 6.92 Å². The van der Waals surface area contributed by atoms with Crippen LogP contribution in [0.4, 0.5) is 10.1 Å². The van der Waals surface area contributed by atoms with E-state index in [2.05, 4.69) is 5.32 Å². The number of nitro benzene ring substituents is 1. The molecule has 0 aliphatic rings. The summed E-state index contributed by atoms with van der Waals surface area (Å²) >= 11 is 0. The van der Waals surface area contributed by atoms with Crippen LogP contribution in [0.2, 0.25) is 0 Å². The van der Waals surface area contributed by atoms with Gasteiger partial charge in [0, 0.05) is 11.6 Å². The molecule has 0 atom stereocenters. The van der Waals surface area contributed by atoms with Crippen LogP contribution in [0.3, 0.4) is 0 Å². The molecule has 0 saturated heterocycles. The van der Waals surface area contributed by atoms with Crippen LogP contribution in [0.5, 0.6) is 0 Å². The molecule has 6 heteroatoms. The van der Waals surface area contributed by atoms with Gasteiger partial charge in [-0.3, -0.25) is 14.9 Å². The predicted octanol–water partition coefficient (Wildman–Crippen LogP) is 2.65. The molecule has 0 spiro atoms. The van der Waals surface area contributed by atoms with Gasteiger partial charge in [0.1, 0.15) is 11.4 Å². The maximum Gasteiger partial charge on any atom is 0.282 e. The van der Waals surface area contributed by atoms with Crippen LogP contribution in [0.15, 0.2) is 18.2 Å². The fourth-order valence-electron chi connectivity index (χ4n) is 1.31. The van der Waals surface area contributed by atoms with Crippen LogP contribution < -0.4 is 5.32 Å². The van der Waals surface area contributed by atoms with Crippen molar-refractivity contribution in [2.24, 2.45) is 0 Å². The lowest BCUT2D eigenvalue weighted by Crippen LogP contribution is -2.43. The third-order valence-electron chi connectivity index (χ3n) is 2.74. The van der Waals surface area contributed by atoms with Gasteiger partial charge in [0.2, 0.25) is 0 Å². The Hall–Kier alpha value is -1.98. The minimum Gasteiger partial charge on any atom is -0.347 e. The highest BCUT2D eigenvalue weighted by atomic mass is 19.1. The molecule has 1 aromatic carbocycles. The lowest BCUT2D eigenvalue weighted by Gasteiger charge is -2.24. The second-order valence-corrected chi connectivity index (χ2v) is 4.61. The Morgan fingerprint density at radius 3 is 2.61 bits per heavy atom. The summed E-state index contributed by atoms with van der Waals surface area (Å²) in [5.41, 5.74) is -1.17. The Kier molecular flexibility index (Phi) is 4.00. The number of halogens is 1. The van der Waals surface area contributed by atoms with Crippen molar-refractivity contribution in [3.63, 3.8) is 0 Å². The van der Waals surface area contributed by atoms with Gasteiger partial charge in [-0.25, -0.2) is 4.39 Å². The Labute approximate surface area is 104 Å². The van der Waals surface area contributed by atoms with Gasteiger partial charge in [0.25, 0.3) is 11.6 Å². The van der Waals surface area contributed by atoms with E-state index in [4.69, 9.17) is 0 Å². The number of nitro groups is 1. The summed E-state index contributed by atoms with van der Waals surface area (Å²) in [7, 11) is 0. The van der Waals surface area contributed by atoms with Crippen LogP contribution in [0.25, 0.3) is 0 Å². The molecule has 0 radical (unpaired) electrons. The quantitative estimate of drug-likeness (QED) is 0.663. The number of carbonyl (C=O) groups excluding carboxylic acids is 1. The highest BCUT2D eigenvalue weighted by Crippen LogP contribution is 2.20. The van der Waals surface area contributed by atoms with Crippen molar-refractivity contribution in [2.45, 2.75) is 32.7 Å². The minimum atomic E-state index is -0.701. The van der Waals surface area contributed by atoms with E-state index in [0.29, 0.717) is 6.42 Å². The zero-order chi connectivity index (χ0) is 13.9. The highest BCUT2D eigenvalue weighted by Gasteiger charge is 2.25. The van der Waals surface area contributed by atoms with Crippen LogP contribution >= 0.6 is 0 Å². The third-order valence-corrected chi connectivity index (χ3v) is 2.74. The van der Waals surface area contributed by atoms with Crippen molar-refractivity contribution in [2.75, 3.05) is 0 Å². The largest absolute Gasteiger partial charge is 0.347 e. The number of nitrogens with one attached hydrogen (secondary N) is 1. The van der Waals surface area contributed by atoms with Crippen molar-refractivity contribution in [1.29, 1.82) is 0 Å². The summed E-state index contributed by atoms with van der Waals surface area (Å²) < 4.78 is 13.1. The second-order valence-electron chi connectivity index (χ2n) is 4.61. The molecule has 0 saturated carbocycles. The van der Waals surface area contributed by atoms with Crippen LogP contribution in [0.1, 0.15) is 37.6 Å². The maximum atomic E-state index is 13.1. The summed E-state index contributed by atoms with van der Waals surface area (Å²) in [6, 6.07) is 2.82. The fourth-order valence-corrected chi connectivity index (χ4v) is 1.31. The van der Waals surface area contributed by atoms with E-state index in [-0.39, 0.29) is 5.56 Å². The Balaban J connectivity index is 3.12. The van der Waals surface area contributed by atoms with E-state index >= 15 is 0 Å². The molecule has 0 fully saturated rings. The normalized spacial score (nSPS) is 11.1. The van der Waals surface area contributed by atoms with Gasteiger partial charge >= 0.3 is 0 Å². The third kappa shape index (κ3) is 3.26. The standard InChI is InChI=1S/C12H15FN2O3/c1-4-12(2,3)14-11(16)9-7-8(13)5-6-10(9)15(17)18/h5-7H,4H2,1-3H3,(H,14,16). The number of rotatable bonds is 4. The average Bonchev–Trinajstić information content (AvgIpc) is 2.28. The fraction of sp³-hybridized carbons (Fsp3) is 0.417. The molecule has 0 aliphatic carbocycles. The number of hydrogen-bond donors (Lipinski definition) is 1. The van der Waals surface area contributed by atoms with Gasteiger partial charge < -0.3 is 5.32 Å². The molecule has 1 N–H and O–H groups in total. The Morgan fingerprint density at radius 1 is 1.50 bits per heavy atom. The predicted molar refractivity (Wildman–Crippen MR) is 64.9 cm³/mol. The van der Waals surface area contributed by atoms with E-state index < -0.39 is 27.9 Å². The first-order chi connectivity index (χ1) is 8.26. The lowest BCUT2D eigenvalue weighted by molar-refractivity contribution is -0.385. The van der Waals surface area contributed by atoms with Crippen molar-refractivity contribution in [1.82, 2.24) is 5.32 Å². The number of nitrogens with zero attached hydrogens (tertiary/aromatic N) is 1. The number of hydrogen-bond acceptors (Lipinski definition) is 3. The molecular weight excluding hydrogens is 239 g/mol. The van der Waals surface area contributed by atoms with Crippen molar-refractivity contribution in [3.8, 4) is 0 Å². The molecule has 0 bridgehead atoms. The van der Waals surface area contributed by atoms with E-state index in [1.54, 1.807) is 13.8 Å². The zero-order valence-electron chi connectivity index (χ0n) is 10.5. The number of amides is 1. The van der Waals surface area contributed by atoms with Crippen LogP contribution in [0, 0.1) is 15.9 Å². The summed E-state index contributed by atoms with van der Waals surface area (Å²) in [4.78, 5) is 22.0. The monoisotopic (exact) mass is 254 g/mol. The van der Waals surface area contributed by atoms with Gasteiger partial charge in [0.15, 0.2) is 0 Å². The summed E-state index contributed by atoms with van der Waals surface area (Å²) in [6.07, 6.45) is 0.655. The zero-order valence-corrected chi connectivity index (χ0v) is 10.5. The van der Waals surface area contributed by atoms with Gasteiger partial charge in [0.05, 0.1) is 4.92 Å². The van der Waals surface area contributed by atoms with E-state index in [1.807, 2.05) is 6.92 Å². The Morgan fingerprint density at radius 2 is 2.11 bits per heavy atom. The SMILES string of the molecule is CCC(C)(C)NC(=O)c1cc(F)ccc1[N+](=O)[O-]. The molecular formula is C12H15FN2O3. The molecule has 0 aliphatic heterocycles. The van der Waals surface area contributed by atoms with Gasteiger partial charge in [-0.15, -0.1) is 0 Å². The van der Waals surface area contributed by atoms with Crippen LogP contribution in [-0.4, -0.2) is 16.4 Å². The van der Waals surface area contributed by atoms with Crippen LogP contribution in [-0.2, 0) is 0 Å². The van der Waals surface area contributed by atoms with Crippen molar-refractivity contribution < 1.29 is 14.1 Å². The molecule has 0 heterocycles. The molecule has 98 valence electrons. The molecule has 5 nitrogen and oxygen atoms in total.